The Balaban J connectivity index is 2.54. The van der Waals surface area contributed by atoms with E-state index in [1.807, 2.05) is 25.1 Å². The van der Waals surface area contributed by atoms with E-state index in [1.54, 1.807) is 14.0 Å². The Labute approximate surface area is 112 Å². The zero-order chi connectivity index (χ0) is 14.3. The number of nitrogens with one attached hydrogen (secondary N) is 1. The summed E-state index contributed by atoms with van der Waals surface area (Å²) in [6.45, 7) is 4.26. The van der Waals surface area contributed by atoms with Crippen molar-refractivity contribution < 1.29 is 19.1 Å². The van der Waals surface area contributed by atoms with Crippen LogP contribution in [0.15, 0.2) is 18.2 Å². The van der Waals surface area contributed by atoms with Gasteiger partial charge in [-0.25, -0.2) is 0 Å². The molecule has 5 heteroatoms. The molecule has 0 atom stereocenters. The van der Waals surface area contributed by atoms with E-state index in [2.05, 4.69) is 5.32 Å². The van der Waals surface area contributed by atoms with Crippen molar-refractivity contribution in [2.24, 2.45) is 0 Å². The molecular weight excluding hydrogens is 246 g/mol. The molecule has 1 aromatic rings. The van der Waals surface area contributed by atoms with Crippen molar-refractivity contribution in [1.29, 1.82) is 0 Å². The summed E-state index contributed by atoms with van der Waals surface area (Å²) in [7, 11) is 1.58. The summed E-state index contributed by atoms with van der Waals surface area (Å²) in [5, 5.41) is 2.67. The number of methoxy groups -OCH3 is 1. The fourth-order valence-electron chi connectivity index (χ4n) is 1.64. The Morgan fingerprint density at radius 1 is 1.32 bits per heavy atom. The average Bonchev–Trinajstić information content (AvgIpc) is 2.36. The molecule has 5 nitrogen and oxygen atoms in total. The van der Waals surface area contributed by atoms with Gasteiger partial charge in [0.25, 0.3) is 0 Å². The van der Waals surface area contributed by atoms with Gasteiger partial charge in [0, 0.05) is 12.1 Å². The van der Waals surface area contributed by atoms with Crippen LogP contribution in [0.1, 0.15) is 24.5 Å². The lowest BCUT2D eigenvalue weighted by molar-refractivity contribution is -0.146. The zero-order valence-electron chi connectivity index (χ0n) is 11.5. The maximum atomic E-state index is 11.5. The third-order valence-electron chi connectivity index (χ3n) is 2.52. The van der Waals surface area contributed by atoms with E-state index in [0.29, 0.717) is 12.3 Å². The van der Waals surface area contributed by atoms with Crippen LogP contribution in [0, 0.1) is 6.92 Å². The molecule has 0 unspecified atom stereocenters. The van der Waals surface area contributed by atoms with E-state index < -0.39 is 5.97 Å². The van der Waals surface area contributed by atoms with Gasteiger partial charge < -0.3 is 14.8 Å². The molecule has 19 heavy (non-hydrogen) atoms. The number of aryl methyl sites for hydroxylation is 1. The first-order valence-corrected chi connectivity index (χ1v) is 6.12. The minimum atomic E-state index is -0.517. The SMILES string of the molecule is CCOC(=O)CC(=O)NCc1cc(C)ccc1OC. The summed E-state index contributed by atoms with van der Waals surface area (Å²) in [5.41, 5.74) is 1.95. The second kappa shape index (κ2) is 7.41. The zero-order valence-corrected chi connectivity index (χ0v) is 11.5. The summed E-state index contributed by atoms with van der Waals surface area (Å²) < 4.78 is 9.91. The summed E-state index contributed by atoms with van der Waals surface area (Å²) in [5.74, 6) is -0.166. The molecule has 0 aliphatic heterocycles. The van der Waals surface area contributed by atoms with E-state index in [9.17, 15) is 9.59 Å². The fourth-order valence-corrected chi connectivity index (χ4v) is 1.64. The van der Waals surface area contributed by atoms with Crippen molar-refractivity contribution in [3.63, 3.8) is 0 Å². The van der Waals surface area contributed by atoms with Crippen molar-refractivity contribution >= 4 is 11.9 Å². The van der Waals surface area contributed by atoms with Gasteiger partial charge in [-0.1, -0.05) is 17.7 Å². The minimum absolute atomic E-state index is 0.262. The molecule has 0 heterocycles. The molecule has 1 aromatic carbocycles. The van der Waals surface area contributed by atoms with Crippen molar-refractivity contribution in [2.75, 3.05) is 13.7 Å². The van der Waals surface area contributed by atoms with Crippen molar-refractivity contribution in [2.45, 2.75) is 26.8 Å². The van der Waals surface area contributed by atoms with E-state index in [4.69, 9.17) is 9.47 Å². The predicted molar refractivity (Wildman–Crippen MR) is 70.8 cm³/mol. The van der Waals surface area contributed by atoms with Gasteiger partial charge in [-0.15, -0.1) is 0 Å². The number of benzene rings is 1. The molecule has 0 aromatic heterocycles. The van der Waals surface area contributed by atoms with Gasteiger partial charge in [0.05, 0.1) is 13.7 Å². The van der Waals surface area contributed by atoms with Crippen LogP contribution in [0.4, 0.5) is 0 Å². The number of hydrogen-bond donors (Lipinski definition) is 1. The highest BCUT2D eigenvalue weighted by Gasteiger charge is 2.11. The topological polar surface area (TPSA) is 64.6 Å². The molecule has 0 bridgehead atoms. The largest absolute Gasteiger partial charge is 0.496 e. The second-order valence-electron chi connectivity index (χ2n) is 4.07. The Morgan fingerprint density at radius 2 is 2.05 bits per heavy atom. The van der Waals surface area contributed by atoms with Crippen LogP contribution < -0.4 is 10.1 Å². The lowest BCUT2D eigenvalue weighted by Gasteiger charge is -2.10. The first-order chi connectivity index (χ1) is 9.06. The van der Waals surface area contributed by atoms with Gasteiger partial charge in [-0.2, -0.15) is 0 Å². The summed E-state index contributed by atoms with van der Waals surface area (Å²) in [4.78, 5) is 22.7. The molecule has 0 saturated carbocycles. The number of carbonyl (C=O) groups excluding carboxylic acids is 2. The molecule has 1 amide bonds. The number of hydrogen-bond acceptors (Lipinski definition) is 4. The fraction of sp³-hybridized carbons (Fsp3) is 0.429. The molecule has 1 N–H and O–H groups in total. The van der Waals surface area contributed by atoms with Gasteiger partial charge >= 0.3 is 5.97 Å². The third-order valence-corrected chi connectivity index (χ3v) is 2.52. The van der Waals surface area contributed by atoms with Gasteiger partial charge in [-0.3, -0.25) is 9.59 Å². The first-order valence-electron chi connectivity index (χ1n) is 6.12. The van der Waals surface area contributed by atoms with Crippen LogP contribution in [0.25, 0.3) is 0 Å². The molecule has 0 aliphatic carbocycles. The maximum absolute atomic E-state index is 11.5. The summed E-state index contributed by atoms with van der Waals surface area (Å²) >= 11 is 0. The van der Waals surface area contributed by atoms with Gasteiger partial charge in [0.15, 0.2) is 0 Å². The third kappa shape index (κ3) is 4.99. The van der Waals surface area contributed by atoms with Crippen LogP contribution in [-0.2, 0) is 20.9 Å². The van der Waals surface area contributed by atoms with E-state index >= 15 is 0 Å². The molecule has 0 fully saturated rings. The van der Waals surface area contributed by atoms with Gasteiger partial charge in [0.2, 0.25) is 5.91 Å². The van der Waals surface area contributed by atoms with Crippen LogP contribution in [0.2, 0.25) is 0 Å². The molecule has 104 valence electrons. The van der Waals surface area contributed by atoms with Crippen LogP contribution in [-0.4, -0.2) is 25.6 Å². The average molecular weight is 265 g/mol. The monoisotopic (exact) mass is 265 g/mol. The molecule has 0 aliphatic rings. The lowest BCUT2D eigenvalue weighted by atomic mass is 10.1. The highest BCUT2D eigenvalue weighted by atomic mass is 16.5. The smallest absolute Gasteiger partial charge is 0.315 e. The van der Waals surface area contributed by atoms with E-state index in [1.165, 1.54) is 0 Å². The van der Waals surface area contributed by atoms with Crippen molar-refractivity contribution in [3.8, 4) is 5.75 Å². The maximum Gasteiger partial charge on any atom is 0.315 e. The lowest BCUT2D eigenvalue weighted by Crippen LogP contribution is -2.26. The first kappa shape index (κ1) is 15.0. The van der Waals surface area contributed by atoms with E-state index in [-0.39, 0.29) is 18.9 Å². The Kier molecular flexibility index (Phi) is 5.85. The number of ether oxygens (including phenoxy) is 2. The Bertz CT molecular complexity index is 457. The Hall–Kier alpha value is -2.04. The summed E-state index contributed by atoms with van der Waals surface area (Å²) in [6, 6.07) is 5.72. The second-order valence-corrected chi connectivity index (χ2v) is 4.07. The number of esters is 1. The molecule has 0 spiro atoms. The molecular formula is C14H19NO4. The van der Waals surface area contributed by atoms with Crippen molar-refractivity contribution in [1.82, 2.24) is 5.32 Å². The highest BCUT2D eigenvalue weighted by Crippen LogP contribution is 2.19. The van der Waals surface area contributed by atoms with Crippen LogP contribution in [0.3, 0.4) is 0 Å². The predicted octanol–water partition coefficient (Wildman–Crippen LogP) is 1.57. The molecule has 1 rings (SSSR count). The van der Waals surface area contributed by atoms with Crippen molar-refractivity contribution in [3.05, 3.63) is 29.3 Å². The summed E-state index contributed by atoms with van der Waals surface area (Å²) in [6.07, 6.45) is -0.262. The quantitative estimate of drug-likeness (QED) is 0.626. The number of rotatable bonds is 6. The van der Waals surface area contributed by atoms with Gasteiger partial charge in [-0.05, 0) is 19.9 Å². The standard InChI is InChI=1S/C14H19NO4/c1-4-19-14(17)8-13(16)15-9-11-7-10(2)5-6-12(11)18-3/h5-7H,4,8-9H2,1-3H3,(H,15,16). The van der Waals surface area contributed by atoms with E-state index in [0.717, 1.165) is 11.1 Å². The molecule has 0 radical (unpaired) electrons. The van der Waals surface area contributed by atoms with Gasteiger partial charge in [0.1, 0.15) is 12.2 Å². The Morgan fingerprint density at radius 3 is 2.68 bits per heavy atom. The minimum Gasteiger partial charge on any atom is -0.496 e. The number of carbonyl (C=O) groups is 2. The van der Waals surface area contributed by atoms with Crippen LogP contribution in [0.5, 0.6) is 5.75 Å². The number of amides is 1. The van der Waals surface area contributed by atoms with Crippen LogP contribution >= 0.6 is 0 Å². The highest BCUT2D eigenvalue weighted by molar-refractivity contribution is 5.94. The molecule has 0 saturated heterocycles. The normalized spacial score (nSPS) is 9.84.